The van der Waals surface area contributed by atoms with E-state index in [0.29, 0.717) is 25.3 Å². The van der Waals surface area contributed by atoms with Crippen molar-refractivity contribution in [2.45, 2.75) is 45.1 Å². The minimum Gasteiger partial charge on any atom is -0.453 e. The predicted molar refractivity (Wildman–Crippen MR) is 98.1 cm³/mol. The van der Waals surface area contributed by atoms with Crippen LogP contribution in [0.5, 0.6) is 0 Å². The van der Waals surface area contributed by atoms with Crippen molar-refractivity contribution in [2.24, 2.45) is 11.7 Å². The van der Waals surface area contributed by atoms with E-state index in [4.69, 9.17) is 5.73 Å². The van der Waals surface area contributed by atoms with Gasteiger partial charge in [0.25, 0.3) is 0 Å². The van der Waals surface area contributed by atoms with E-state index >= 15 is 0 Å². The second-order valence-electron chi connectivity index (χ2n) is 6.55. The number of anilines is 1. The van der Waals surface area contributed by atoms with Crippen LogP contribution in [0.4, 0.5) is 10.5 Å². The lowest BCUT2D eigenvalue weighted by Crippen LogP contribution is -2.37. The van der Waals surface area contributed by atoms with Crippen LogP contribution >= 0.6 is 0 Å². The van der Waals surface area contributed by atoms with Crippen LogP contribution in [0.1, 0.15) is 44.1 Å². The van der Waals surface area contributed by atoms with Crippen LogP contribution in [0.25, 0.3) is 0 Å². The minimum atomic E-state index is -0.496. The number of hydrogen-bond donors (Lipinski definition) is 2. The number of nitrogens with one attached hydrogen (secondary N) is 1. The third kappa shape index (κ3) is 6.05. The average molecular weight is 347 g/mol. The largest absolute Gasteiger partial charge is 0.453 e. The van der Waals surface area contributed by atoms with Crippen LogP contribution in [-0.2, 0) is 16.1 Å². The Morgan fingerprint density at radius 1 is 1.20 bits per heavy atom. The number of hydrogen-bond acceptors (Lipinski definition) is 4. The van der Waals surface area contributed by atoms with Crippen molar-refractivity contribution < 1.29 is 14.3 Å². The number of carbonyl (C=O) groups is 2. The van der Waals surface area contributed by atoms with Gasteiger partial charge in [-0.05, 0) is 43.5 Å². The Labute approximate surface area is 149 Å². The maximum Gasteiger partial charge on any atom is 0.411 e. The summed E-state index contributed by atoms with van der Waals surface area (Å²) in [7, 11) is 1.33. The van der Waals surface area contributed by atoms with Gasteiger partial charge in [0.2, 0.25) is 5.91 Å². The van der Waals surface area contributed by atoms with Gasteiger partial charge in [0.1, 0.15) is 0 Å². The van der Waals surface area contributed by atoms with Crippen LogP contribution < -0.4 is 11.1 Å². The molecule has 0 radical (unpaired) electrons. The fourth-order valence-corrected chi connectivity index (χ4v) is 3.24. The lowest BCUT2D eigenvalue weighted by Gasteiger charge is -2.29. The van der Waals surface area contributed by atoms with Gasteiger partial charge in [-0.25, -0.2) is 4.79 Å². The van der Waals surface area contributed by atoms with Crippen LogP contribution in [0.3, 0.4) is 0 Å². The summed E-state index contributed by atoms with van der Waals surface area (Å²) in [4.78, 5) is 26.0. The molecule has 138 valence electrons. The Morgan fingerprint density at radius 2 is 1.88 bits per heavy atom. The molecule has 1 aliphatic rings. The molecule has 1 aromatic rings. The van der Waals surface area contributed by atoms with Crippen LogP contribution in [-0.4, -0.2) is 37.1 Å². The van der Waals surface area contributed by atoms with Gasteiger partial charge in [0, 0.05) is 24.7 Å². The zero-order chi connectivity index (χ0) is 18.1. The molecule has 0 spiro atoms. The first-order chi connectivity index (χ1) is 12.1. The Balaban J connectivity index is 2.00. The van der Waals surface area contributed by atoms with E-state index in [0.717, 1.165) is 37.7 Å². The van der Waals surface area contributed by atoms with Crippen molar-refractivity contribution >= 4 is 17.7 Å². The number of rotatable bonds is 7. The number of ether oxygens (including phenoxy) is 1. The number of amides is 2. The highest BCUT2D eigenvalue weighted by atomic mass is 16.5. The predicted octanol–water partition coefficient (Wildman–Crippen LogP) is 3.12. The van der Waals surface area contributed by atoms with E-state index in [9.17, 15) is 9.59 Å². The molecule has 0 bridgehead atoms. The zero-order valence-electron chi connectivity index (χ0n) is 15.0. The molecular formula is C19H29N3O3. The molecule has 1 aromatic carbocycles. The quantitative estimate of drug-likeness (QED) is 0.793. The Hall–Kier alpha value is -2.08. The number of methoxy groups -OCH3 is 1. The summed E-state index contributed by atoms with van der Waals surface area (Å²) in [6.07, 6.45) is 5.84. The van der Waals surface area contributed by atoms with Crippen LogP contribution in [0.15, 0.2) is 24.3 Å². The molecule has 0 aromatic heterocycles. The van der Waals surface area contributed by atoms with Gasteiger partial charge in [0.15, 0.2) is 0 Å². The first-order valence-corrected chi connectivity index (χ1v) is 9.07. The van der Waals surface area contributed by atoms with Crippen molar-refractivity contribution in [3.8, 4) is 0 Å². The molecule has 1 aliphatic carbocycles. The smallest absolute Gasteiger partial charge is 0.411 e. The van der Waals surface area contributed by atoms with Crippen molar-refractivity contribution in [1.82, 2.24) is 4.90 Å². The molecule has 6 nitrogen and oxygen atoms in total. The summed E-state index contributed by atoms with van der Waals surface area (Å²) >= 11 is 0. The number of nitrogens with zero attached hydrogens (tertiary/aromatic N) is 1. The summed E-state index contributed by atoms with van der Waals surface area (Å²) in [5.74, 6) is 0.414. The van der Waals surface area contributed by atoms with Crippen LogP contribution in [0, 0.1) is 5.92 Å². The first kappa shape index (κ1) is 19.2. The van der Waals surface area contributed by atoms with Crippen molar-refractivity contribution in [3.63, 3.8) is 0 Å². The summed E-state index contributed by atoms with van der Waals surface area (Å²) in [5, 5.41) is 2.62. The summed E-state index contributed by atoms with van der Waals surface area (Å²) in [5.41, 5.74) is 7.35. The number of benzene rings is 1. The third-order valence-electron chi connectivity index (χ3n) is 4.66. The lowest BCUT2D eigenvalue weighted by atomic mass is 9.88. The molecule has 0 saturated heterocycles. The Bertz CT molecular complexity index is 554. The minimum absolute atomic E-state index is 0.159. The molecule has 2 rings (SSSR count). The standard InChI is InChI=1S/C19H29N3O3/c1-25-19(24)21-17-10-8-15(9-11-17)14-22(13-5-12-20)18(23)16-6-3-2-4-7-16/h8-11,16H,2-7,12-14,20H2,1H3,(H,21,24). The van der Waals surface area contributed by atoms with E-state index < -0.39 is 6.09 Å². The van der Waals surface area contributed by atoms with Crippen molar-refractivity contribution in [1.29, 1.82) is 0 Å². The maximum atomic E-state index is 12.9. The molecule has 1 saturated carbocycles. The number of nitrogens with two attached hydrogens (primary N) is 1. The Kier molecular flexibility index (Phi) is 7.73. The third-order valence-corrected chi connectivity index (χ3v) is 4.66. The van der Waals surface area contributed by atoms with E-state index in [1.807, 2.05) is 29.2 Å². The SMILES string of the molecule is COC(=O)Nc1ccc(CN(CCCN)C(=O)C2CCCCC2)cc1. The summed E-state index contributed by atoms with van der Waals surface area (Å²) in [6.45, 7) is 1.85. The molecule has 25 heavy (non-hydrogen) atoms. The van der Waals surface area contributed by atoms with Gasteiger partial charge < -0.3 is 15.4 Å². The van der Waals surface area contributed by atoms with Crippen LogP contribution in [0.2, 0.25) is 0 Å². The zero-order valence-corrected chi connectivity index (χ0v) is 15.0. The molecule has 2 amide bonds. The highest BCUT2D eigenvalue weighted by Gasteiger charge is 2.25. The van der Waals surface area contributed by atoms with Gasteiger partial charge in [-0.2, -0.15) is 0 Å². The molecule has 0 unspecified atom stereocenters. The lowest BCUT2D eigenvalue weighted by molar-refractivity contribution is -0.137. The van der Waals surface area contributed by atoms with Gasteiger partial charge in [0.05, 0.1) is 7.11 Å². The molecular weight excluding hydrogens is 318 g/mol. The normalized spacial score (nSPS) is 14.8. The fourth-order valence-electron chi connectivity index (χ4n) is 3.24. The monoisotopic (exact) mass is 347 g/mol. The fraction of sp³-hybridized carbons (Fsp3) is 0.579. The van der Waals surface area contributed by atoms with Crippen molar-refractivity contribution in [3.05, 3.63) is 29.8 Å². The molecule has 0 aliphatic heterocycles. The second-order valence-corrected chi connectivity index (χ2v) is 6.55. The second kappa shape index (κ2) is 10.0. The van der Waals surface area contributed by atoms with E-state index in [2.05, 4.69) is 10.1 Å². The average Bonchev–Trinajstić information content (AvgIpc) is 2.66. The highest BCUT2D eigenvalue weighted by molar-refractivity contribution is 5.84. The van der Waals surface area contributed by atoms with Gasteiger partial charge >= 0.3 is 6.09 Å². The van der Waals surface area contributed by atoms with Crippen molar-refractivity contribution in [2.75, 3.05) is 25.5 Å². The van der Waals surface area contributed by atoms with Gasteiger partial charge in [-0.15, -0.1) is 0 Å². The molecule has 3 N–H and O–H groups in total. The number of carbonyl (C=O) groups excluding carboxylic acids is 2. The maximum absolute atomic E-state index is 12.9. The highest BCUT2D eigenvalue weighted by Crippen LogP contribution is 2.26. The molecule has 0 atom stereocenters. The first-order valence-electron chi connectivity index (χ1n) is 9.07. The molecule has 1 fully saturated rings. The topological polar surface area (TPSA) is 84.7 Å². The van der Waals surface area contributed by atoms with Gasteiger partial charge in [-0.3, -0.25) is 10.1 Å². The van der Waals surface area contributed by atoms with Gasteiger partial charge in [-0.1, -0.05) is 31.4 Å². The summed E-state index contributed by atoms with van der Waals surface area (Å²) in [6, 6.07) is 7.49. The summed E-state index contributed by atoms with van der Waals surface area (Å²) < 4.78 is 4.58. The molecule has 6 heteroatoms. The van der Waals surface area contributed by atoms with E-state index in [-0.39, 0.29) is 11.8 Å². The molecule has 0 heterocycles. The Morgan fingerprint density at radius 3 is 2.48 bits per heavy atom. The van der Waals surface area contributed by atoms with E-state index in [1.165, 1.54) is 13.5 Å². The van der Waals surface area contributed by atoms with E-state index in [1.54, 1.807) is 0 Å².